The lowest BCUT2D eigenvalue weighted by atomic mass is 10.2. The van der Waals surface area contributed by atoms with Gasteiger partial charge in [-0.3, -0.25) is 0 Å². The van der Waals surface area contributed by atoms with Crippen molar-refractivity contribution in [3.8, 4) is 0 Å². The van der Waals surface area contributed by atoms with E-state index in [2.05, 4.69) is 15.3 Å². The van der Waals surface area contributed by atoms with Gasteiger partial charge in [0.25, 0.3) is 0 Å². The van der Waals surface area contributed by atoms with Crippen LogP contribution >= 0.6 is 11.8 Å². The smallest absolute Gasteiger partial charge is 0.224 e. The number of fused-ring (bicyclic) bond motifs is 1. The number of halogens is 2. The summed E-state index contributed by atoms with van der Waals surface area (Å²) in [5, 5.41) is 4.24. The second-order valence-electron chi connectivity index (χ2n) is 4.30. The van der Waals surface area contributed by atoms with Crippen LogP contribution in [0.25, 0.3) is 10.9 Å². The van der Waals surface area contributed by atoms with Crippen LogP contribution < -0.4 is 5.32 Å². The summed E-state index contributed by atoms with van der Waals surface area (Å²) < 4.78 is 27.1. The van der Waals surface area contributed by atoms with E-state index in [1.807, 2.05) is 24.3 Å². The molecule has 3 nitrogen and oxygen atoms in total. The van der Waals surface area contributed by atoms with E-state index < -0.39 is 11.6 Å². The first-order valence-corrected chi connectivity index (χ1v) is 7.06. The number of aromatic nitrogens is 2. The molecule has 0 fully saturated rings. The number of hydrogen-bond donors (Lipinski definition) is 1. The Morgan fingerprint density at radius 3 is 2.67 bits per heavy atom. The van der Waals surface area contributed by atoms with Crippen molar-refractivity contribution in [1.29, 1.82) is 0 Å². The van der Waals surface area contributed by atoms with Crippen molar-refractivity contribution in [1.82, 2.24) is 9.97 Å². The average Bonchev–Trinajstić information content (AvgIpc) is 2.50. The molecule has 3 rings (SSSR count). The molecule has 1 aromatic heterocycles. The van der Waals surface area contributed by atoms with Gasteiger partial charge in [-0.15, -0.1) is 0 Å². The van der Waals surface area contributed by atoms with Gasteiger partial charge in [-0.05, 0) is 24.3 Å². The zero-order valence-electron chi connectivity index (χ0n) is 11.1. The molecule has 0 unspecified atom stereocenters. The third-order valence-corrected chi connectivity index (χ3v) is 3.93. The van der Waals surface area contributed by atoms with Gasteiger partial charge in [-0.25, -0.2) is 18.7 Å². The van der Waals surface area contributed by atoms with Gasteiger partial charge in [0, 0.05) is 12.4 Å². The van der Waals surface area contributed by atoms with E-state index >= 15 is 0 Å². The number of nitrogens with one attached hydrogen (secondary N) is 1. The second-order valence-corrected chi connectivity index (χ2v) is 5.33. The molecule has 0 aliphatic carbocycles. The van der Waals surface area contributed by atoms with Crippen LogP contribution in [-0.4, -0.2) is 17.0 Å². The van der Waals surface area contributed by atoms with E-state index in [9.17, 15) is 8.78 Å². The minimum Gasteiger partial charge on any atom is -0.357 e. The number of anilines is 1. The Kier molecular flexibility index (Phi) is 3.70. The first-order valence-electron chi connectivity index (χ1n) is 6.25. The molecule has 3 aromatic rings. The lowest BCUT2D eigenvalue weighted by Gasteiger charge is -2.08. The molecule has 0 atom stereocenters. The molecule has 0 saturated heterocycles. The van der Waals surface area contributed by atoms with Gasteiger partial charge in [-0.1, -0.05) is 30.0 Å². The molecular weight excluding hydrogens is 292 g/mol. The summed E-state index contributed by atoms with van der Waals surface area (Å²) in [6.07, 6.45) is 0. The number of nitrogens with zero attached hydrogens (tertiary/aromatic N) is 2. The molecule has 0 saturated carbocycles. The van der Waals surface area contributed by atoms with Crippen molar-refractivity contribution in [2.75, 3.05) is 12.4 Å². The summed E-state index contributed by atoms with van der Waals surface area (Å²) in [4.78, 5) is 8.86. The van der Waals surface area contributed by atoms with Gasteiger partial charge in [-0.2, -0.15) is 0 Å². The molecule has 0 aliphatic rings. The van der Waals surface area contributed by atoms with Crippen LogP contribution in [0.3, 0.4) is 0 Å². The Bertz CT molecular complexity index is 808. The minimum atomic E-state index is -0.480. The predicted molar refractivity (Wildman–Crippen MR) is 79.6 cm³/mol. The SMILES string of the molecule is CNc1nc(Sc2cc(F)ccc2F)c2ccccc2n1. The first-order chi connectivity index (χ1) is 10.2. The van der Waals surface area contributed by atoms with E-state index in [-0.39, 0.29) is 4.90 Å². The molecule has 0 radical (unpaired) electrons. The van der Waals surface area contributed by atoms with Crippen LogP contribution in [0, 0.1) is 11.6 Å². The molecule has 0 bridgehead atoms. The van der Waals surface area contributed by atoms with Gasteiger partial charge in [0.2, 0.25) is 5.95 Å². The minimum absolute atomic E-state index is 0.195. The highest BCUT2D eigenvalue weighted by Gasteiger charge is 2.12. The van der Waals surface area contributed by atoms with Crippen LogP contribution in [0.4, 0.5) is 14.7 Å². The fourth-order valence-corrected chi connectivity index (χ4v) is 2.86. The summed E-state index contributed by atoms with van der Waals surface area (Å²) in [5.41, 5.74) is 0.746. The Morgan fingerprint density at radius 2 is 1.86 bits per heavy atom. The summed E-state index contributed by atoms with van der Waals surface area (Å²) in [6, 6.07) is 10.8. The Balaban J connectivity index is 2.13. The zero-order valence-corrected chi connectivity index (χ0v) is 11.9. The molecule has 21 heavy (non-hydrogen) atoms. The first kappa shape index (κ1) is 13.8. The number of rotatable bonds is 3. The van der Waals surface area contributed by atoms with Crippen LogP contribution in [0.2, 0.25) is 0 Å². The normalized spacial score (nSPS) is 10.8. The van der Waals surface area contributed by atoms with Crippen LogP contribution in [0.5, 0.6) is 0 Å². The van der Waals surface area contributed by atoms with Gasteiger partial charge < -0.3 is 5.32 Å². The van der Waals surface area contributed by atoms with Crippen molar-refractivity contribution in [2.45, 2.75) is 9.92 Å². The quantitative estimate of drug-likeness (QED) is 0.739. The number of para-hydroxylation sites is 1. The Hall–Kier alpha value is -2.21. The van der Waals surface area contributed by atoms with E-state index in [1.165, 1.54) is 0 Å². The van der Waals surface area contributed by atoms with Crippen LogP contribution in [-0.2, 0) is 0 Å². The van der Waals surface area contributed by atoms with Gasteiger partial charge in [0.15, 0.2) is 0 Å². The summed E-state index contributed by atoms with van der Waals surface area (Å²) in [7, 11) is 1.71. The van der Waals surface area contributed by atoms with Crippen molar-refractivity contribution >= 4 is 28.6 Å². The highest BCUT2D eigenvalue weighted by Crippen LogP contribution is 2.34. The molecule has 1 heterocycles. The fraction of sp³-hybridized carbons (Fsp3) is 0.0667. The lowest BCUT2D eigenvalue weighted by molar-refractivity contribution is 0.577. The molecule has 2 aromatic carbocycles. The van der Waals surface area contributed by atoms with E-state index in [4.69, 9.17) is 0 Å². The Morgan fingerprint density at radius 1 is 1.05 bits per heavy atom. The highest BCUT2D eigenvalue weighted by molar-refractivity contribution is 7.99. The van der Waals surface area contributed by atoms with Crippen LogP contribution in [0.1, 0.15) is 0 Å². The maximum atomic E-state index is 13.8. The highest BCUT2D eigenvalue weighted by atomic mass is 32.2. The van der Waals surface area contributed by atoms with Gasteiger partial charge in [0.05, 0.1) is 10.4 Å². The Labute approximate surface area is 124 Å². The zero-order chi connectivity index (χ0) is 14.8. The third kappa shape index (κ3) is 2.80. The number of hydrogen-bond acceptors (Lipinski definition) is 4. The van der Waals surface area contributed by atoms with Crippen molar-refractivity contribution in [3.63, 3.8) is 0 Å². The molecule has 0 aliphatic heterocycles. The van der Waals surface area contributed by atoms with Crippen LogP contribution in [0.15, 0.2) is 52.4 Å². The maximum Gasteiger partial charge on any atom is 0.224 e. The van der Waals surface area contributed by atoms with E-state index in [1.54, 1.807) is 7.05 Å². The lowest BCUT2D eigenvalue weighted by Crippen LogP contribution is -1.98. The van der Waals surface area contributed by atoms with Crippen molar-refractivity contribution in [3.05, 3.63) is 54.1 Å². The van der Waals surface area contributed by atoms with Gasteiger partial charge >= 0.3 is 0 Å². The fourth-order valence-electron chi connectivity index (χ4n) is 1.90. The molecule has 6 heteroatoms. The molecule has 0 spiro atoms. The average molecular weight is 303 g/mol. The summed E-state index contributed by atoms with van der Waals surface area (Å²) in [5.74, 6) is -0.519. The van der Waals surface area contributed by atoms with Crippen molar-refractivity contribution in [2.24, 2.45) is 0 Å². The topological polar surface area (TPSA) is 37.8 Å². The second kappa shape index (κ2) is 5.65. The van der Waals surface area contributed by atoms with Gasteiger partial charge in [0.1, 0.15) is 16.7 Å². The summed E-state index contributed by atoms with van der Waals surface area (Å²) in [6.45, 7) is 0. The molecule has 106 valence electrons. The molecular formula is C15H11F2N3S. The summed E-state index contributed by atoms with van der Waals surface area (Å²) >= 11 is 1.08. The number of benzene rings is 2. The largest absolute Gasteiger partial charge is 0.357 e. The van der Waals surface area contributed by atoms with Crippen molar-refractivity contribution < 1.29 is 8.78 Å². The maximum absolute atomic E-state index is 13.8. The standard InChI is InChI=1S/C15H11F2N3S/c1-18-15-19-12-5-3-2-4-10(12)14(20-15)21-13-8-9(16)6-7-11(13)17/h2-8H,1H3,(H,18,19,20). The van der Waals surface area contributed by atoms with E-state index in [0.717, 1.165) is 40.9 Å². The molecule has 1 N–H and O–H groups in total. The monoisotopic (exact) mass is 303 g/mol. The molecule has 0 amide bonds. The van der Waals surface area contributed by atoms with E-state index in [0.29, 0.717) is 11.0 Å². The predicted octanol–water partition coefficient (Wildman–Crippen LogP) is 4.10. The third-order valence-electron chi connectivity index (χ3n) is 2.89.